The van der Waals surface area contributed by atoms with Gasteiger partial charge >= 0.3 is 5.97 Å². The topological polar surface area (TPSA) is 26.3 Å². The second kappa shape index (κ2) is 6.90. The van der Waals surface area contributed by atoms with E-state index >= 15 is 0 Å². The lowest BCUT2D eigenvalue weighted by Crippen LogP contribution is -2.10. The van der Waals surface area contributed by atoms with Gasteiger partial charge in [-0.05, 0) is 64.3 Å². The smallest absolute Gasteiger partial charge is 0.343 e. The Labute approximate surface area is 162 Å². The van der Waals surface area contributed by atoms with Crippen molar-refractivity contribution in [1.82, 2.24) is 0 Å². The molecule has 1 aliphatic heterocycles. The second-order valence-corrected chi connectivity index (χ2v) is 9.65. The Bertz CT molecular complexity index is 1060. The van der Waals surface area contributed by atoms with Crippen molar-refractivity contribution < 1.29 is 9.53 Å². The van der Waals surface area contributed by atoms with Gasteiger partial charge in [0.15, 0.2) is 0 Å². The molecule has 1 aliphatic carbocycles. The van der Waals surface area contributed by atoms with Crippen LogP contribution in [0.1, 0.15) is 24.0 Å². The lowest BCUT2D eigenvalue weighted by atomic mass is 10.1. The van der Waals surface area contributed by atoms with Gasteiger partial charge in [0.1, 0.15) is 5.75 Å². The minimum absolute atomic E-state index is 0.0679. The highest BCUT2D eigenvalue weighted by Gasteiger charge is 2.23. The van der Waals surface area contributed by atoms with Crippen molar-refractivity contribution in [1.29, 1.82) is 0 Å². The van der Waals surface area contributed by atoms with Crippen LogP contribution in [-0.4, -0.2) is 17.5 Å². The summed E-state index contributed by atoms with van der Waals surface area (Å²) in [7, 11) is -0.0679. The molecule has 0 unspecified atom stereocenters. The van der Waals surface area contributed by atoms with Crippen LogP contribution in [0.15, 0.2) is 71.6 Å². The summed E-state index contributed by atoms with van der Waals surface area (Å²) in [6.45, 7) is 0. The van der Waals surface area contributed by atoms with Crippen molar-refractivity contribution in [2.24, 2.45) is 0 Å². The van der Waals surface area contributed by atoms with Crippen LogP contribution in [0.2, 0.25) is 0 Å². The maximum Gasteiger partial charge on any atom is 0.343 e. The molecule has 2 aliphatic rings. The highest BCUT2D eigenvalue weighted by molar-refractivity contribution is 8.17. The minimum atomic E-state index is -0.260. The zero-order valence-corrected chi connectivity index (χ0v) is 16.0. The summed E-state index contributed by atoms with van der Waals surface area (Å²) < 4.78 is 5.89. The van der Waals surface area contributed by atoms with Crippen LogP contribution in [0, 0.1) is 0 Å². The number of esters is 1. The van der Waals surface area contributed by atoms with Crippen molar-refractivity contribution in [3.8, 4) is 5.75 Å². The fourth-order valence-electron chi connectivity index (χ4n) is 4.21. The van der Waals surface area contributed by atoms with Crippen LogP contribution in [0.5, 0.6) is 5.75 Å². The van der Waals surface area contributed by atoms with E-state index in [-0.39, 0.29) is 16.9 Å². The molecule has 1 fully saturated rings. The molecule has 0 saturated carbocycles. The quantitative estimate of drug-likeness (QED) is 0.370. The number of hydrogen-bond acceptors (Lipinski definition) is 2. The summed E-state index contributed by atoms with van der Waals surface area (Å²) in [6, 6.07) is 20.6. The molecular weight excluding hydrogens is 352 g/mol. The number of hydrogen-bond donors (Lipinski definition) is 1. The molecule has 136 valence electrons. The van der Waals surface area contributed by atoms with Gasteiger partial charge in [0, 0.05) is 5.39 Å². The Morgan fingerprint density at radius 3 is 2.44 bits per heavy atom. The molecule has 3 heteroatoms. The number of fused-ring (bicyclic) bond motifs is 2. The Balaban J connectivity index is 1.49. The number of benzene rings is 3. The number of carbonyl (C=O) groups excluding carboxylic acids is 1. The van der Waals surface area contributed by atoms with Crippen molar-refractivity contribution >= 4 is 33.2 Å². The van der Waals surface area contributed by atoms with Crippen LogP contribution < -0.4 is 4.74 Å². The largest absolute Gasteiger partial charge is 0.422 e. The summed E-state index contributed by atoms with van der Waals surface area (Å²) >= 11 is 0. The average molecular weight is 375 g/mol. The van der Waals surface area contributed by atoms with E-state index in [2.05, 4.69) is 30.3 Å². The van der Waals surface area contributed by atoms with Crippen LogP contribution in [-0.2, 0) is 11.2 Å². The van der Waals surface area contributed by atoms with E-state index in [1.165, 1.54) is 40.2 Å². The molecule has 27 heavy (non-hydrogen) atoms. The molecule has 0 radical (unpaired) electrons. The van der Waals surface area contributed by atoms with Gasteiger partial charge < -0.3 is 4.74 Å². The van der Waals surface area contributed by atoms with Crippen LogP contribution >= 0.6 is 10.9 Å². The van der Waals surface area contributed by atoms with Crippen LogP contribution in [0.25, 0.3) is 16.3 Å². The fourth-order valence-corrected chi connectivity index (χ4v) is 6.95. The van der Waals surface area contributed by atoms with Crippen LogP contribution in [0.3, 0.4) is 0 Å². The first-order valence-electron chi connectivity index (χ1n) is 9.58. The van der Waals surface area contributed by atoms with Gasteiger partial charge in [-0.3, -0.25) is 0 Å². The predicted molar refractivity (Wildman–Crippen MR) is 114 cm³/mol. The van der Waals surface area contributed by atoms with Gasteiger partial charge in [0.25, 0.3) is 0 Å². The van der Waals surface area contributed by atoms with E-state index in [1.807, 2.05) is 36.4 Å². The molecule has 5 rings (SSSR count). The molecule has 1 saturated heterocycles. The second-order valence-electron chi connectivity index (χ2n) is 7.19. The normalized spacial score (nSPS) is 17.0. The predicted octanol–water partition coefficient (Wildman–Crippen LogP) is 5.54. The first-order chi connectivity index (χ1) is 13.3. The molecule has 3 aromatic carbocycles. The SMILES string of the molecule is O=C(Oc1ccc([SH]2CCCC2)c2ccccc12)C1=CCc2ccccc21. The van der Waals surface area contributed by atoms with E-state index in [4.69, 9.17) is 4.74 Å². The van der Waals surface area contributed by atoms with Crippen molar-refractivity contribution in [3.05, 3.63) is 77.9 Å². The molecule has 0 amide bonds. The van der Waals surface area contributed by atoms with E-state index in [9.17, 15) is 4.79 Å². The summed E-state index contributed by atoms with van der Waals surface area (Å²) in [5.74, 6) is 3.05. The van der Waals surface area contributed by atoms with Crippen LogP contribution in [0.4, 0.5) is 0 Å². The standard InChI is InChI=1S/C24H22O2S/c25-24(21-12-11-17-7-1-2-8-18(17)21)26-22-13-14-23(27-15-5-6-16-27)20-10-4-3-9-19(20)22/h1-4,7-10,12-14,27H,5-6,11,15-16H2. The van der Waals surface area contributed by atoms with E-state index < -0.39 is 0 Å². The van der Waals surface area contributed by atoms with Crippen molar-refractivity contribution in [3.63, 3.8) is 0 Å². The lowest BCUT2D eigenvalue weighted by Gasteiger charge is -2.19. The number of allylic oxidation sites excluding steroid dienone is 1. The third kappa shape index (κ3) is 2.96. The van der Waals surface area contributed by atoms with Gasteiger partial charge in [0.05, 0.1) is 5.57 Å². The highest BCUT2D eigenvalue weighted by atomic mass is 32.2. The highest BCUT2D eigenvalue weighted by Crippen LogP contribution is 2.47. The molecule has 0 atom stereocenters. The van der Waals surface area contributed by atoms with Crippen molar-refractivity contribution in [2.45, 2.75) is 24.2 Å². The Kier molecular flexibility index (Phi) is 4.25. The molecule has 0 spiro atoms. The zero-order valence-electron chi connectivity index (χ0n) is 15.2. The summed E-state index contributed by atoms with van der Waals surface area (Å²) in [6.07, 6.45) is 5.45. The molecule has 0 N–H and O–H groups in total. The van der Waals surface area contributed by atoms with Gasteiger partial charge in [0.2, 0.25) is 0 Å². The molecule has 2 nitrogen and oxygen atoms in total. The lowest BCUT2D eigenvalue weighted by molar-refractivity contribution is -0.127. The summed E-state index contributed by atoms with van der Waals surface area (Å²) in [5.41, 5.74) is 2.87. The first kappa shape index (κ1) is 16.6. The molecule has 1 heterocycles. The summed E-state index contributed by atoms with van der Waals surface area (Å²) in [4.78, 5) is 14.3. The van der Waals surface area contributed by atoms with Gasteiger partial charge in [-0.1, -0.05) is 54.6 Å². The number of rotatable bonds is 3. The van der Waals surface area contributed by atoms with Crippen molar-refractivity contribution in [2.75, 3.05) is 11.5 Å². The molecule has 0 bridgehead atoms. The van der Waals surface area contributed by atoms with Gasteiger partial charge in [-0.15, -0.1) is 0 Å². The number of ether oxygens (including phenoxy) is 1. The van der Waals surface area contributed by atoms with E-state index in [0.717, 1.165) is 17.4 Å². The average Bonchev–Trinajstić information content (AvgIpc) is 3.38. The van der Waals surface area contributed by atoms with E-state index in [1.54, 1.807) is 0 Å². The zero-order chi connectivity index (χ0) is 18.2. The third-order valence-corrected chi connectivity index (χ3v) is 8.35. The van der Waals surface area contributed by atoms with Gasteiger partial charge in [-0.2, -0.15) is 0 Å². The van der Waals surface area contributed by atoms with E-state index in [0.29, 0.717) is 11.3 Å². The minimum Gasteiger partial charge on any atom is -0.422 e. The Hall–Kier alpha value is -2.52. The Morgan fingerprint density at radius 2 is 1.59 bits per heavy atom. The Morgan fingerprint density at radius 1 is 0.852 bits per heavy atom. The number of thiol groups is 1. The molecular formula is C24H22O2S. The van der Waals surface area contributed by atoms with Gasteiger partial charge in [-0.25, -0.2) is 15.7 Å². The maximum atomic E-state index is 12.9. The first-order valence-corrected chi connectivity index (χ1v) is 11.3. The monoisotopic (exact) mass is 374 g/mol. The maximum absolute atomic E-state index is 12.9. The fraction of sp³-hybridized carbons (Fsp3) is 0.208. The number of carbonyl (C=O) groups is 1. The summed E-state index contributed by atoms with van der Waals surface area (Å²) in [5, 5.41) is 2.29. The molecule has 0 aromatic heterocycles. The third-order valence-electron chi connectivity index (χ3n) is 5.56. The molecule has 3 aromatic rings.